The minimum absolute atomic E-state index is 0.981. The average Bonchev–Trinajstić information content (AvgIpc) is 3.48. The lowest BCUT2D eigenvalue weighted by Gasteiger charge is -2.19. The second-order valence-corrected chi connectivity index (χ2v) is 12.8. The lowest BCUT2D eigenvalue weighted by molar-refractivity contribution is 1.33. The summed E-state index contributed by atoms with van der Waals surface area (Å²) < 4.78 is 0. The molecule has 0 radical (unpaired) electrons. The van der Waals surface area contributed by atoms with Crippen molar-refractivity contribution in [1.29, 1.82) is 0 Å². The van der Waals surface area contributed by atoms with Crippen molar-refractivity contribution in [3.05, 3.63) is 158 Å². The Morgan fingerprint density at radius 1 is 0.271 bits per heavy atom. The van der Waals surface area contributed by atoms with Crippen molar-refractivity contribution in [3.8, 4) is 55.9 Å². The molecule has 0 saturated heterocycles. The zero-order valence-corrected chi connectivity index (χ0v) is 25.9. The summed E-state index contributed by atoms with van der Waals surface area (Å²) in [7, 11) is 0. The number of benzene rings is 8. The maximum atomic E-state index is 4.93. The highest BCUT2D eigenvalue weighted by atomic mass is 14.7. The van der Waals surface area contributed by atoms with Gasteiger partial charge >= 0.3 is 0 Å². The lowest BCUT2D eigenvalue weighted by Crippen LogP contribution is -1.95. The SMILES string of the molecule is c1ccc(-c2c3c(c(-c4ccccn4)c4ccccc24)-c2ccc(-c4ccc5ccc6cccc7ccc4c5c67)c4cccc-3c24)nc1. The van der Waals surface area contributed by atoms with Gasteiger partial charge < -0.3 is 0 Å². The van der Waals surface area contributed by atoms with Crippen LogP contribution in [0.5, 0.6) is 0 Å². The number of hydrogen-bond acceptors (Lipinski definition) is 2. The van der Waals surface area contributed by atoms with E-state index in [1.165, 1.54) is 98.4 Å². The first-order chi connectivity index (χ1) is 23.8. The van der Waals surface area contributed by atoms with Gasteiger partial charge in [0, 0.05) is 34.6 Å². The Labute approximate surface area is 276 Å². The van der Waals surface area contributed by atoms with E-state index < -0.39 is 0 Å². The molecule has 48 heavy (non-hydrogen) atoms. The topological polar surface area (TPSA) is 25.8 Å². The van der Waals surface area contributed by atoms with Crippen molar-refractivity contribution in [3.63, 3.8) is 0 Å². The summed E-state index contributed by atoms with van der Waals surface area (Å²) in [6.07, 6.45) is 3.80. The van der Waals surface area contributed by atoms with E-state index >= 15 is 0 Å². The molecule has 2 nitrogen and oxygen atoms in total. The predicted molar refractivity (Wildman–Crippen MR) is 201 cm³/mol. The van der Waals surface area contributed by atoms with E-state index in [1.54, 1.807) is 0 Å². The molecule has 2 heteroatoms. The maximum absolute atomic E-state index is 4.93. The Balaban J connectivity index is 1.28. The summed E-state index contributed by atoms with van der Waals surface area (Å²) in [5.41, 5.74) is 11.8. The van der Waals surface area contributed by atoms with Crippen molar-refractivity contribution >= 4 is 53.9 Å². The first-order valence-corrected chi connectivity index (χ1v) is 16.5. The van der Waals surface area contributed by atoms with E-state index in [4.69, 9.17) is 9.97 Å². The van der Waals surface area contributed by atoms with Crippen LogP contribution in [0, 0.1) is 0 Å². The first-order valence-electron chi connectivity index (χ1n) is 16.5. The van der Waals surface area contributed by atoms with Gasteiger partial charge in [-0.15, -0.1) is 0 Å². The van der Waals surface area contributed by atoms with Crippen LogP contribution in [0.1, 0.15) is 0 Å². The van der Waals surface area contributed by atoms with E-state index in [2.05, 4.69) is 133 Å². The molecule has 0 saturated carbocycles. The van der Waals surface area contributed by atoms with Crippen molar-refractivity contribution in [2.45, 2.75) is 0 Å². The summed E-state index contributed by atoms with van der Waals surface area (Å²) in [6.45, 7) is 0. The third kappa shape index (κ3) is 3.36. The smallest absolute Gasteiger partial charge is 0.0714 e. The van der Waals surface area contributed by atoms with Gasteiger partial charge in [-0.1, -0.05) is 121 Å². The van der Waals surface area contributed by atoms with Gasteiger partial charge in [0.25, 0.3) is 0 Å². The van der Waals surface area contributed by atoms with Gasteiger partial charge in [0.05, 0.1) is 11.4 Å². The molecule has 2 heterocycles. The third-order valence-electron chi connectivity index (χ3n) is 10.5. The summed E-state index contributed by atoms with van der Waals surface area (Å²) in [5, 5.41) is 12.8. The van der Waals surface area contributed by atoms with Gasteiger partial charge in [0.15, 0.2) is 0 Å². The van der Waals surface area contributed by atoms with Crippen molar-refractivity contribution in [2.24, 2.45) is 0 Å². The second kappa shape index (κ2) is 9.57. The molecular weight excluding hydrogens is 581 g/mol. The van der Waals surface area contributed by atoms with Crippen LogP contribution in [0.25, 0.3) is 110 Å². The van der Waals surface area contributed by atoms with Crippen LogP contribution in [-0.2, 0) is 0 Å². The van der Waals surface area contributed by atoms with E-state index in [0.717, 1.165) is 11.4 Å². The fraction of sp³-hybridized carbons (Fsp3) is 0. The van der Waals surface area contributed by atoms with Gasteiger partial charge in [-0.3, -0.25) is 9.97 Å². The van der Waals surface area contributed by atoms with Crippen LogP contribution in [0.15, 0.2) is 158 Å². The van der Waals surface area contributed by atoms with Crippen LogP contribution in [0.2, 0.25) is 0 Å². The number of aromatic nitrogens is 2. The van der Waals surface area contributed by atoms with Gasteiger partial charge in [0.2, 0.25) is 0 Å². The third-order valence-corrected chi connectivity index (χ3v) is 10.5. The number of nitrogens with zero attached hydrogens (tertiary/aromatic N) is 2. The fourth-order valence-corrected chi connectivity index (χ4v) is 8.56. The largest absolute Gasteiger partial charge is 0.256 e. The van der Waals surface area contributed by atoms with Crippen molar-refractivity contribution in [1.82, 2.24) is 9.97 Å². The molecule has 220 valence electrons. The zero-order chi connectivity index (χ0) is 31.3. The van der Waals surface area contributed by atoms with E-state index in [1.807, 2.05) is 24.5 Å². The van der Waals surface area contributed by atoms with E-state index in [0.29, 0.717) is 0 Å². The second-order valence-electron chi connectivity index (χ2n) is 12.8. The Morgan fingerprint density at radius 2 is 0.750 bits per heavy atom. The molecule has 1 aliphatic rings. The monoisotopic (exact) mass is 606 g/mol. The molecule has 0 atom stereocenters. The lowest BCUT2D eigenvalue weighted by atomic mass is 9.85. The highest BCUT2D eigenvalue weighted by molar-refractivity contribution is 6.30. The molecule has 8 aromatic carbocycles. The summed E-state index contributed by atoms with van der Waals surface area (Å²) >= 11 is 0. The Kier molecular flexibility index (Phi) is 5.14. The Morgan fingerprint density at radius 3 is 1.40 bits per heavy atom. The van der Waals surface area contributed by atoms with Crippen molar-refractivity contribution in [2.75, 3.05) is 0 Å². The number of pyridine rings is 2. The highest BCUT2D eigenvalue weighted by Gasteiger charge is 2.32. The van der Waals surface area contributed by atoms with Crippen LogP contribution in [-0.4, -0.2) is 9.97 Å². The van der Waals surface area contributed by atoms with Gasteiger partial charge in [0.1, 0.15) is 0 Å². The standard InChI is InChI=1S/C46H26N2/c1-2-12-34-33(11-1)43(38-15-3-5-25-47-38)45-36-14-8-13-32-31(23-24-37(42(32)36)46(45)44(34)39-16-4-6-26-48-39)30-21-19-29-18-17-27-9-7-10-28-20-22-35(30)41(29)40(27)28/h1-26H. The van der Waals surface area contributed by atoms with Gasteiger partial charge in [-0.2, -0.15) is 0 Å². The Bertz CT molecular complexity index is 2820. The summed E-state index contributed by atoms with van der Waals surface area (Å²) in [4.78, 5) is 9.86. The predicted octanol–water partition coefficient (Wildman–Crippen LogP) is 12.3. The summed E-state index contributed by atoms with van der Waals surface area (Å²) in [5.74, 6) is 0. The minimum Gasteiger partial charge on any atom is -0.256 e. The minimum atomic E-state index is 0.981. The molecule has 0 fully saturated rings. The van der Waals surface area contributed by atoms with Crippen LogP contribution in [0.3, 0.4) is 0 Å². The maximum Gasteiger partial charge on any atom is 0.0714 e. The van der Waals surface area contributed by atoms with E-state index in [9.17, 15) is 0 Å². The zero-order valence-electron chi connectivity index (χ0n) is 25.9. The number of hydrogen-bond donors (Lipinski definition) is 0. The first kappa shape index (κ1) is 25.8. The van der Waals surface area contributed by atoms with Crippen molar-refractivity contribution < 1.29 is 0 Å². The van der Waals surface area contributed by atoms with Gasteiger partial charge in [-0.05, 0) is 100 Å². The average molecular weight is 607 g/mol. The Hall–Kier alpha value is -6.38. The molecule has 0 amide bonds. The molecule has 0 bridgehead atoms. The molecule has 0 aliphatic heterocycles. The quantitative estimate of drug-likeness (QED) is 0.187. The van der Waals surface area contributed by atoms with Crippen LogP contribution < -0.4 is 0 Å². The van der Waals surface area contributed by atoms with E-state index in [-0.39, 0.29) is 0 Å². The molecular formula is C46H26N2. The highest BCUT2D eigenvalue weighted by Crippen LogP contribution is 2.58. The summed E-state index contributed by atoms with van der Waals surface area (Å²) in [6, 6.07) is 53.1. The molecule has 1 aliphatic carbocycles. The van der Waals surface area contributed by atoms with Crippen LogP contribution in [0.4, 0.5) is 0 Å². The normalized spacial score (nSPS) is 12.2. The molecule has 0 spiro atoms. The number of fused-ring (bicyclic) bond motifs is 4. The molecule has 2 aromatic heterocycles. The molecule has 11 rings (SSSR count). The fourth-order valence-electron chi connectivity index (χ4n) is 8.56. The van der Waals surface area contributed by atoms with Crippen LogP contribution >= 0.6 is 0 Å². The van der Waals surface area contributed by atoms with Gasteiger partial charge in [-0.25, -0.2) is 0 Å². The molecule has 0 N–H and O–H groups in total. The molecule has 10 aromatic rings. The number of rotatable bonds is 3. The molecule has 0 unspecified atom stereocenters.